The molecule has 0 saturated carbocycles. The molecule has 1 spiro atoms. The van der Waals surface area contributed by atoms with Crippen molar-refractivity contribution in [3.05, 3.63) is 41.0 Å². The Hall–Kier alpha value is -2.75. The van der Waals surface area contributed by atoms with Crippen molar-refractivity contribution in [2.24, 2.45) is 10.8 Å². The highest BCUT2D eigenvalue weighted by atomic mass is 19.2. The summed E-state index contributed by atoms with van der Waals surface area (Å²) in [7, 11) is 1.17. The molecule has 1 aliphatic carbocycles. The van der Waals surface area contributed by atoms with Gasteiger partial charge >= 0.3 is 0 Å². The summed E-state index contributed by atoms with van der Waals surface area (Å²) < 4.78 is 32.0. The third kappa shape index (κ3) is 2.66. The summed E-state index contributed by atoms with van der Waals surface area (Å²) in [5, 5.41) is 9.21. The van der Waals surface area contributed by atoms with E-state index in [1.54, 1.807) is 19.9 Å². The van der Waals surface area contributed by atoms with Gasteiger partial charge in [0.2, 0.25) is 5.82 Å². The van der Waals surface area contributed by atoms with E-state index in [0.717, 1.165) is 6.07 Å². The zero-order valence-electron chi connectivity index (χ0n) is 14.7. The first-order chi connectivity index (χ1) is 12.1. The topological polar surface area (TPSA) is 70.4 Å². The number of hydrogen-bond acceptors (Lipinski definition) is 4. The molecule has 3 rings (SSSR count). The minimum atomic E-state index is -1.20. The highest BCUT2D eigenvalue weighted by Crippen LogP contribution is 2.48. The van der Waals surface area contributed by atoms with Crippen LogP contribution in [0.1, 0.15) is 30.6 Å². The third-order valence-electron chi connectivity index (χ3n) is 5.01. The number of hydrogen-bond donors (Lipinski definition) is 0. The maximum Gasteiger partial charge on any atom is 0.257 e. The molecule has 1 amide bonds. The Balaban J connectivity index is 1.86. The Morgan fingerprint density at radius 2 is 1.96 bits per heavy atom. The molecule has 1 aliphatic heterocycles. The van der Waals surface area contributed by atoms with Gasteiger partial charge in [-0.1, -0.05) is 19.9 Å². The standard InChI is InChI=1S/C19H18F2N2O3/c1-18(2)8-19(6-11(7-22)16(18)24)9-23(10-19)17(25)12-4-5-13(20)14(21)15(12)26-3/h4-6H,8-10H2,1-3H3. The molecule has 0 atom stereocenters. The molecular formula is C19H18F2N2O3. The Morgan fingerprint density at radius 1 is 1.31 bits per heavy atom. The van der Waals surface area contributed by atoms with Gasteiger partial charge in [-0.2, -0.15) is 9.65 Å². The molecule has 26 heavy (non-hydrogen) atoms. The quantitative estimate of drug-likeness (QED) is 0.813. The number of halogens is 2. The SMILES string of the molecule is COc1c(C(=O)N2CC3(C=C(C#N)C(=O)C(C)(C)C3)C2)ccc(F)c1F. The molecule has 1 saturated heterocycles. The molecule has 0 aromatic heterocycles. The summed E-state index contributed by atoms with van der Waals surface area (Å²) in [4.78, 5) is 26.4. The molecule has 0 bridgehead atoms. The van der Waals surface area contributed by atoms with Gasteiger partial charge < -0.3 is 9.64 Å². The number of carbonyl (C=O) groups excluding carboxylic acids is 2. The first kappa shape index (κ1) is 18.1. The fourth-order valence-corrected chi connectivity index (χ4v) is 3.96. The van der Waals surface area contributed by atoms with Crippen molar-refractivity contribution in [1.82, 2.24) is 4.90 Å². The number of carbonyl (C=O) groups is 2. The van der Waals surface area contributed by atoms with Gasteiger partial charge in [-0.15, -0.1) is 0 Å². The van der Waals surface area contributed by atoms with Crippen LogP contribution in [0.25, 0.3) is 0 Å². The van der Waals surface area contributed by atoms with E-state index >= 15 is 0 Å². The molecule has 0 unspecified atom stereocenters. The van der Waals surface area contributed by atoms with Crippen LogP contribution < -0.4 is 4.74 Å². The number of amides is 1. The van der Waals surface area contributed by atoms with Gasteiger partial charge in [-0.3, -0.25) is 9.59 Å². The molecule has 2 aliphatic rings. The van der Waals surface area contributed by atoms with E-state index in [1.165, 1.54) is 18.1 Å². The lowest BCUT2D eigenvalue weighted by molar-refractivity contribution is -0.127. The molecule has 1 aromatic rings. The van der Waals surface area contributed by atoms with Crippen LogP contribution >= 0.6 is 0 Å². The largest absolute Gasteiger partial charge is 0.493 e. The Morgan fingerprint density at radius 3 is 2.54 bits per heavy atom. The average Bonchev–Trinajstić information content (AvgIpc) is 2.56. The summed E-state index contributed by atoms with van der Waals surface area (Å²) in [5.41, 5.74) is -1.09. The predicted octanol–water partition coefficient (Wildman–Crippen LogP) is 2.86. The summed E-state index contributed by atoms with van der Waals surface area (Å²) in [6.07, 6.45) is 2.16. The molecule has 1 heterocycles. The first-order valence-corrected chi connectivity index (χ1v) is 8.13. The predicted molar refractivity (Wildman–Crippen MR) is 88.3 cm³/mol. The number of methoxy groups -OCH3 is 1. The molecular weight excluding hydrogens is 342 g/mol. The zero-order valence-corrected chi connectivity index (χ0v) is 14.7. The lowest BCUT2D eigenvalue weighted by Gasteiger charge is -2.53. The van der Waals surface area contributed by atoms with Crippen molar-refractivity contribution in [3.8, 4) is 11.8 Å². The van der Waals surface area contributed by atoms with E-state index < -0.39 is 34.1 Å². The summed E-state index contributed by atoms with van der Waals surface area (Å²) in [6, 6.07) is 4.01. The monoisotopic (exact) mass is 360 g/mol. The number of ketones is 1. The second-order valence-corrected chi connectivity index (χ2v) is 7.53. The van der Waals surface area contributed by atoms with E-state index in [0.29, 0.717) is 19.5 Å². The maximum atomic E-state index is 13.8. The smallest absolute Gasteiger partial charge is 0.257 e. The fraction of sp³-hybridized carbons (Fsp3) is 0.421. The number of rotatable bonds is 2. The lowest BCUT2D eigenvalue weighted by atomic mass is 9.61. The summed E-state index contributed by atoms with van der Waals surface area (Å²) in [6.45, 7) is 4.17. The Kier molecular flexibility index (Phi) is 4.10. The number of likely N-dealkylation sites (tertiary alicyclic amines) is 1. The van der Waals surface area contributed by atoms with Crippen molar-refractivity contribution in [1.29, 1.82) is 5.26 Å². The number of ether oxygens (including phenoxy) is 1. The van der Waals surface area contributed by atoms with Crippen LogP contribution in [-0.2, 0) is 4.79 Å². The second-order valence-electron chi connectivity index (χ2n) is 7.53. The van der Waals surface area contributed by atoms with Crippen molar-refractivity contribution in [2.75, 3.05) is 20.2 Å². The minimum absolute atomic E-state index is 0.0584. The highest BCUT2D eigenvalue weighted by molar-refractivity contribution is 6.04. The van der Waals surface area contributed by atoms with Gasteiger partial charge in [0.1, 0.15) is 6.07 Å². The molecule has 136 valence electrons. The van der Waals surface area contributed by atoms with Crippen LogP contribution in [0.2, 0.25) is 0 Å². The van der Waals surface area contributed by atoms with Crippen molar-refractivity contribution >= 4 is 11.7 Å². The van der Waals surface area contributed by atoms with Crippen LogP contribution in [0.3, 0.4) is 0 Å². The zero-order chi connectivity index (χ0) is 19.3. The van der Waals surface area contributed by atoms with Crippen LogP contribution in [0.4, 0.5) is 8.78 Å². The molecule has 1 aromatic carbocycles. The normalized spacial score (nSPS) is 20.2. The van der Waals surface area contributed by atoms with Crippen molar-refractivity contribution in [3.63, 3.8) is 0 Å². The minimum Gasteiger partial charge on any atom is -0.493 e. The van der Waals surface area contributed by atoms with E-state index in [4.69, 9.17) is 4.74 Å². The molecule has 0 N–H and O–H groups in total. The maximum absolute atomic E-state index is 13.8. The summed E-state index contributed by atoms with van der Waals surface area (Å²) in [5.74, 6) is -3.40. The van der Waals surface area contributed by atoms with Gasteiger partial charge in [0.25, 0.3) is 5.91 Å². The van der Waals surface area contributed by atoms with Crippen molar-refractivity contribution < 1.29 is 23.1 Å². The number of nitrogens with zero attached hydrogens (tertiary/aromatic N) is 2. The van der Waals surface area contributed by atoms with Crippen LogP contribution in [0, 0.1) is 33.8 Å². The summed E-state index contributed by atoms with van der Waals surface area (Å²) >= 11 is 0. The lowest BCUT2D eigenvalue weighted by Crippen LogP contribution is -2.60. The third-order valence-corrected chi connectivity index (χ3v) is 5.01. The fourth-order valence-electron chi connectivity index (χ4n) is 3.96. The van der Waals surface area contributed by atoms with Gasteiger partial charge in [0, 0.05) is 23.9 Å². The van der Waals surface area contributed by atoms with Crippen LogP contribution in [0.5, 0.6) is 5.75 Å². The number of allylic oxidation sites excluding steroid dienone is 1. The van der Waals surface area contributed by atoms with Crippen LogP contribution in [0.15, 0.2) is 23.8 Å². The second kappa shape index (κ2) is 5.90. The Labute approximate surface area is 149 Å². The molecule has 7 heteroatoms. The number of benzene rings is 1. The molecule has 5 nitrogen and oxygen atoms in total. The molecule has 1 fully saturated rings. The number of Topliss-reactive ketones (excluding diaryl/α,β-unsaturated/α-hetero) is 1. The first-order valence-electron chi connectivity index (χ1n) is 8.13. The molecule has 0 radical (unpaired) electrons. The van der Waals surface area contributed by atoms with Crippen molar-refractivity contribution in [2.45, 2.75) is 20.3 Å². The van der Waals surface area contributed by atoms with Gasteiger partial charge in [0.15, 0.2) is 17.3 Å². The van der Waals surface area contributed by atoms with E-state index in [1.807, 2.05) is 6.07 Å². The average molecular weight is 360 g/mol. The number of nitriles is 1. The van der Waals surface area contributed by atoms with E-state index in [-0.39, 0.29) is 16.9 Å². The van der Waals surface area contributed by atoms with Gasteiger partial charge in [-0.25, -0.2) is 4.39 Å². The van der Waals surface area contributed by atoms with E-state index in [2.05, 4.69) is 0 Å². The van der Waals surface area contributed by atoms with Gasteiger partial charge in [-0.05, 0) is 18.6 Å². The van der Waals surface area contributed by atoms with Gasteiger partial charge in [0.05, 0.1) is 18.2 Å². The highest BCUT2D eigenvalue weighted by Gasteiger charge is 2.52. The van der Waals surface area contributed by atoms with E-state index in [9.17, 15) is 23.6 Å². The Bertz CT molecular complexity index is 878. The van der Waals surface area contributed by atoms with Crippen LogP contribution in [-0.4, -0.2) is 36.8 Å².